The summed E-state index contributed by atoms with van der Waals surface area (Å²) in [4.78, 5) is 13.8. The average molecular weight is 570 g/mol. The fourth-order valence-electron chi connectivity index (χ4n) is 9.71. The number of phenolic OH excluding ortho intramolecular Hbond substituents is 2. The summed E-state index contributed by atoms with van der Waals surface area (Å²) in [6, 6.07) is 9.67. The zero-order valence-electron chi connectivity index (χ0n) is 26.2. The van der Waals surface area contributed by atoms with E-state index in [0.717, 1.165) is 67.0 Å². The molecule has 4 aliphatic carbocycles. The van der Waals surface area contributed by atoms with Crippen LogP contribution in [0.2, 0.25) is 0 Å². The third-order valence-corrected chi connectivity index (χ3v) is 12.9. The van der Waals surface area contributed by atoms with Crippen LogP contribution in [0.1, 0.15) is 90.7 Å². The Morgan fingerprint density at radius 2 is 1.67 bits per heavy atom. The molecule has 0 heterocycles. The number of fused-ring (bicyclic) bond motifs is 7. The average Bonchev–Trinajstić information content (AvgIpc) is 2.97. The largest absolute Gasteiger partial charge is 0.504 e. The van der Waals surface area contributed by atoms with Crippen LogP contribution in [-0.4, -0.2) is 23.2 Å². The van der Waals surface area contributed by atoms with Gasteiger partial charge in [0.15, 0.2) is 11.5 Å². The van der Waals surface area contributed by atoms with Crippen molar-refractivity contribution in [2.75, 3.05) is 7.11 Å². The highest BCUT2D eigenvalue weighted by Crippen LogP contribution is 2.74. The Kier molecular flexibility index (Phi) is 6.46. The zero-order valence-corrected chi connectivity index (χ0v) is 26.2. The molecule has 42 heavy (non-hydrogen) atoms. The van der Waals surface area contributed by atoms with Gasteiger partial charge in [0, 0.05) is 22.6 Å². The summed E-state index contributed by atoms with van der Waals surface area (Å²) in [6.07, 6.45) is 11.6. The van der Waals surface area contributed by atoms with Crippen molar-refractivity contribution in [3.05, 3.63) is 63.5 Å². The Labute approximate surface area is 250 Å². The SMILES string of the molecule is C=c1c(O)c(O)cc2c1=CC=C1[C@@]2(C)CC[C@@]2(C)[C@@H]3C[C@](C)(C(=O)NCc4ccc(OC)cc4)CC[C@]3(C)CC[C@]12C. The molecule has 0 spiro atoms. The molecule has 3 N–H and O–H groups in total. The number of ether oxygens (including phenoxy) is 1. The van der Waals surface area contributed by atoms with E-state index >= 15 is 0 Å². The monoisotopic (exact) mass is 569 g/mol. The van der Waals surface area contributed by atoms with E-state index in [2.05, 4.69) is 58.7 Å². The van der Waals surface area contributed by atoms with Gasteiger partial charge in [0.05, 0.1) is 7.11 Å². The summed E-state index contributed by atoms with van der Waals surface area (Å²) in [5.74, 6) is 1.18. The molecule has 2 aromatic rings. The van der Waals surface area contributed by atoms with E-state index in [1.54, 1.807) is 13.2 Å². The standard InChI is InChI=1S/C37H47NO4/c1-23-26-12-13-29-35(4,27(26)20-28(39)31(23)40)17-19-37(6)30-21-34(3,15-14-33(30,2)16-18-36(29,37)5)32(41)38-22-24-8-10-25(42-7)11-9-24/h8-13,20,30,39-40H,1,14-19,21-22H2,2-7H3,(H,38,41)/t30-,33-,34-,35+,36-,37+/m1/s1. The lowest BCUT2D eigenvalue weighted by Crippen LogP contribution is -2.63. The Balaban J connectivity index is 1.32. The van der Waals surface area contributed by atoms with Crippen molar-refractivity contribution in [1.29, 1.82) is 0 Å². The van der Waals surface area contributed by atoms with Crippen molar-refractivity contribution >= 4 is 18.6 Å². The first kappa shape index (κ1) is 28.9. The molecule has 0 aromatic heterocycles. The van der Waals surface area contributed by atoms with Crippen LogP contribution in [0.5, 0.6) is 17.2 Å². The highest BCUT2D eigenvalue weighted by Gasteiger charge is 2.66. The van der Waals surface area contributed by atoms with Gasteiger partial charge < -0.3 is 20.3 Å². The number of amides is 1. The third-order valence-electron chi connectivity index (χ3n) is 12.9. The number of rotatable bonds is 4. The number of aromatic hydroxyl groups is 2. The van der Waals surface area contributed by atoms with E-state index in [9.17, 15) is 15.0 Å². The highest BCUT2D eigenvalue weighted by atomic mass is 16.5. The minimum Gasteiger partial charge on any atom is -0.504 e. The van der Waals surface area contributed by atoms with E-state index in [1.807, 2.05) is 24.3 Å². The lowest BCUT2D eigenvalue weighted by Gasteiger charge is -2.69. The number of carbonyl (C=O) groups is 1. The fraction of sp³-hybridized carbons (Fsp3) is 0.541. The molecule has 0 saturated heterocycles. The van der Waals surface area contributed by atoms with E-state index in [-0.39, 0.29) is 39.1 Å². The van der Waals surface area contributed by atoms with Gasteiger partial charge in [-0.05, 0) is 102 Å². The molecule has 1 amide bonds. The molecule has 0 radical (unpaired) electrons. The van der Waals surface area contributed by atoms with Crippen LogP contribution in [0.15, 0.2) is 42.0 Å². The molecule has 224 valence electrons. The molecule has 3 fully saturated rings. The van der Waals surface area contributed by atoms with Crippen LogP contribution in [-0.2, 0) is 16.8 Å². The Hall–Kier alpha value is -3.21. The first-order chi connectivity index (χ1) is 19.7. The maximum absolute atomic E-state index is 13.8. The molecule has 3 saturated carbocycles. The van der Waals surface area contributed by atoms with Crippen molar-refractivity contribution in [2.24, 2.45) is 27.6 Å². The second-order valence-corrected chi connectivity index (χ2v) is 15.0. The van der Waals surface area contributed by atoms with Gasteiger partial charge in [-0.15, -0.1) is 0 Å². The first-order valence-electron chi connectivity index (χ1n) is 15.6. The predicted octanol–water partition coefficient (Wildman–Crippen LogP) is 6.22. The van der Waals surface area contributed by atoms with Crippen molar-refractivity contribution in [1.82, 2.24) is 5.32 Å². The number of methoxy groups -OCH3 is 1. The summed E-state index contributed by atoms with van der Waals surface area (Å²) in [7, 11) is 1.66. The van der Waals surface area contributed by atoms with Gasteiger partial charge in [-0.1, -0.05) is 71.1 Å². The molecule has 5 heteroatoms. The number of benzene rings is 2. The lowest BCUT2D eigenvalue weighted by molar-refractivity contribution is -0.167. The maximum Gasteiger partial charge on any atom is 0.226 e. The third kappa shape index (κ3) is 3.91. The summed E-state index contributed by atoms with van der Waals surface area (Å²) >= 11 is 0. The van der Waals surface area contributed by atoms with E-state index in [4.69, 9.17) is 4.74 Å². The molecule has 4 aliphatic rings. The van der Waals surface area contributed by atoms with Crippen molar-refractivity contribution in [3.63, 3.8) is 0 Å². The topological polar surface area (TPSA) is 78.8 Å². The van der Waals surface area contributed by atoms with E-state index < -0.39 is 5.41 Å². The summed E-state index contributed by atoms with van der Waals surface area (Å²) in [6.45, 7) is 16.6. The zero-order chi connectivity index (χ0) is 30.3. The molecular weight excluding hydrogens is 522 g/mol. The van der Waals surface area contributed by atoms with Crippen molar-refractivity contribution in [2.45, 2.75) is 91.5 Å². The Morgan fingerprint density at radius 1 is 0.976 bits per heavy atom. The number of hydrogen-bond donors (Lipinski definition) is 3. The first-order valence-corrected chi connectivity index (χ1v) is 15.6. The van der Waals surface area contributed by atoms with Crippen LogP contribution in [0.3, 0.4) is 0 Å². The minimum absolute atomic E-state index is 0.0287. The summed E-state index contributed by atoms with van der Waals surface area (Å²) in [5.41, 5.74) is 3.11. The van der Waals surface area contributed by atoms with Gasteiger partial charge in [-0.3, -0.25) is 4.79 Å². The molecule has 6 rings (SSSR count). The van der Waals surface area contributed by atoms with Crippen LogP contribution in [0, 0.1) is 27.6 Å². The van der Waals surface area contributed by atoms with Crippen LogP contribution < -0.4 is 20.5 Å². The second kappa shape index (κ2) is 9.39. The molecular formula is C37H47NO4. The minimum atomic E-state index is -0.412. The van der Waals surface area contributed by atoms with Crippen LogP contribution in [0.25, 0.3) is 12.7 Å². The molecule has 0 unspecified atom stereocenters. The molecule has 0 bridgehead atoms. The molecule has 0 aliphatic heterocycles. The summed E-state index contributed by atoms with van der Waals surface area (Å²) < 4.78 is 5.28. The van der Waals surface area contributed by atoms with Gasteiger partial charge in [-0.2, -0.15) is 0 Å². The molecule has 2 aromatic carbocycles. The maximum atomic E-state index is 13.8. The van der Waals surface area contributed by atoms with E-state index in [1.165, 1.54) is 5.57 Å². The highest BCUT2D eigenvalue weighted by molar-refractivity contribution is 5.82. The van der Waals surface area contributed by atoms with Gasteiger partial charge in [-0.25, -0.2) is 0 Å². The number of nitrogens with one attached hydrogen (secondary N) is 1. The van der Waals surface area contributed by atoms with Gasteiger partial charge in [0.25, 0.3) is 0 Å². The molecule has 5 nitrogen and oxygen atoms in total. The molecule has 6 atom stereocenters. The van der Waals surface area contributed by atoms with Gasteiger partial charge >= 0.3 is 0 Å². The van der Waals surface area contributed by atoms with Crippen molar-refractivity contribution in [3.8, 4) is 17.2 Å². The van der Waals surface area contributed by atoms with Crippen LogP contribution in [0.4, 0.5) is 0 Å². The Morgan fingerprint density at radius 3 is 2.36 bits per heavy atom. The van der Waals surface area contributed by atoms with Crippen LogP contribution >= 0.6 is 0 Å². The number of carbonyl (C=O) groups excluding carboxylic acids is 1. The van der Waals surface area contributed by atoms with E-state index in [0.29, 0.717) is 17.7 Å². The van der Waals surface area contributed by atoms with Crippen molar-refractivity contribution < 1.29 is 19.7 Å². The smallest absolute Gasteiger partial charge is 0.226 e. The number of phenols is 2. The summed E-state index contributed by atoms with van der Waals surface area (Å²) in [5, 5.41) is 25.7. The fourth-order valence-corrected chi connectivity index (χ4v) is 9.71. The number of allylic oxidation sites excluding steroid dienone is 2. The lowest BCUT2D eigenvalue weighted by atomic mass is 9.34. The quantitative estimate of drug-likeness (QED) is 0.382. The predicted molar refractivity (Wildman–Crippen MR) is 168 cm³/mol. The normalized spacial score (nSPS) is 36.7. The van der Waals surface area contributed by atoms with Gasteiger partial charge in [0.1, 0.15) is 5.75 Å². The number of hydrogen-bond acceptors (Lipinski definition) is 4. The van der Waals surface area contributed by atoms with Gasteiger partial charge in [0.2, 0.25) is 5.91 Å². The Bertz CT molecular complexity index is 1590. The second-order valence-electron chi connectivity index (χ2n) is 15.0.